The van der Waals surface area contributed by atoms with Crippen LogP contribution in [0.2, 0.25) is 0 Å². The Morgan fingerprint density at radius 2 is 2.11 bits per heavy atom. The third-order valence-corrected chi connectivity index (χ3v) is 5.08. The molecule has 18 heavy (non-hydrogen) atoms. The smallest absolute Gasteiger partial charge is 0.193 e. The Labute approximate surface area is 121 Å². The van der Waals surface area contributed by atoms with Crippen LogP contribution in [0.1, 0.15) is 25.7 Å². The molecule has 0 amide bonds. The van der Waals surface area contributed by atoms with E-state index in [1.54, 1.807) is 0 Å². The van der Waals surface area contributed by atoms with Crippen molar-refractivity contribution in [3.63, 3.8) is 0 Å². The molecular weight excluding hydrogens is 337 g/mol. The second-order valence-corrected chi connectivity index (χ2v) is 6.52. The second-order valence-electron chi connectivity index (χ2n) is 5.36. The molecule has 96 valence electrons. The summed E-state index contributed by atoms with van der Waals surface area (Å²) >= 11 is 2.30. The molecule has 0 heterocycles. The molecule has 3 nitrogen and oxygen atoms in total. The molecule has 3 rings (SSSR count). The molecule has 2 aliphatic rings. The van der Waals surface area contributed by atoms with Gasteiger partial charge in [-0.25, -0.2) is 4.99 Å². The number of guanidine groups is 1. The van der Waals surface area contributed by atoms with Crippen LogP contribution in [-0.4, -0.2) is 12.0 Å². The first-order valence-corrected chi connectivity index (χ1v) is 7.65. The van der Waals surface area contributed by atoms with E-state index in [9.17, 15) is 0 Å². The minimum absolute atomic E-state index is 0.456. The maximum Gasteiger partial charge on any atom is 0.193 e. The highest BCUT2D eigenvalue weighted by atomic mass is 127. The van der Waals surface area contributed by atoms with Crippen LogP contribution in [-0.2, 0) is 0 Å². The molecule has 0 aliphatic heterocycles. The summed E-state index contributed by atoms with van der Waals surface area (Å²) < 4.78 is 1.17. The average Bonchev–Trinajstić information content (AvgIpc) is 2.94. The van der Waals surface area contributed by atoms with Gasteiger partial charge in [0.15, 0.2) is 5.96 Å². The van der Waals surface area contributed by atoms with Gasteiger partial charge in [-0.2, -0.15) is 0 Å². The van der Waals surface area contributed by atoms with Gasteiger partial charge in [0.25, 0.3) is 0 Å². The number of para-hydroxylation sites is 1. The van der Waals surface area contributed by atoms with Crippen LogP contribution < -0.4 is 11.1 Å². The number of nitrogens with zero attached hydrogens (tertiary/aromatic N) is 1. The number of halogens is 1. The largest absolute Gasteiger partial charge is 0.370 e. The number of hydrogen-bond donors (Lipinski definition) is 2. The lowest BCUT2D eigenvalue weighted by atomic mass is 9.96. The Kier molecular flexibility index (Phi) is 3.46. The molecule has 0 saturated heterocycles. The quantitative estimate of drug-likeness (QED) is 0.486. The third-order valence-electron chi connectivity index (χ3n) is 4.14. The zero-order chi connectivity index (χ0) is 12.5. The number of rotatable bonds is 2. The van der Waals surface area contributed by atoms with Gasteiger partial charge in [-0.1, -0.05) is 18.6 Å². The molecule has 3 N–H and O–H groups in total. The van der Waals surface area contributed by atoms with Gasteiger partial charge in [0.1, 0.15) is 0 Å². The van der Waals surface area contributed by atoms with Crippen molar-refractivity contribution < 1.29 is 0 Å². The van der Waals surface area contributed by atoms with Crippen molar-refractivity contribution in [2.45, 2.75) is 31.7 Å². The van der Waals surface area contributed by atoms with Gasteiger partial charge >= 0.3 is 0 Å². The summed E-state index contributed by atoms with van der Waals surface area (Å²) in [6.45, 7) is 0. The van der Waals surface area contributed by atoms with Crippen LogP contribution in [0.15, 0.2) is 29.3 Å². The van der Waals surface area contributed by atoms with Crippen LogP contribution in [0, 0.1) is 15.4 Å². The summed E-state index contributed by atoms with van der Waals surface area (Å²) in [5.74, 6) is 2.26. The molecule has 2 bridgehead atoms. The van der Waals surface area contributed by atoms with Gasteiger partial charge in [-0.15, -0.1) is 0 Å². The normalized spacial score (nSPS) is 30.7. The van der Waals surface area contributed by atoms with Crippen molar-refractivity contribution in [3.8, 4) is 0 Å². The molecule has 2 fully saturated rings. The number of nitrogens with two attached hydrogens (primary N) is 1. The first-order chi connectivity index (χ1) is 8.72. The van der Waals surface area contributed by atoms with Gasteiger partial charge in [0, 0.05) is 3.57 Å². The SMILES string of the molecule is NC(=N[C@@H]1C[C@H]2CC[C@H]1C2)Nc1ccccc1I. The van der Waals surface area contributed by atoms with Crippen molar-refractivity contribution in [2.75, 3.05) is 5.32 Å². The Balaban J connectivity index is 1.68. The lowest BCUT2D eigenvalue weighted by Gasteiger charge is -2.18. The second kappa shape index (κ2) is 5.07. The average molecular weight is 355 g/mol. The fourth-order valence-corrected chi connectivity index (χ4v) is 3.80. The number of hydrogen-bond acceptors (Lipinski definition) is 1. The third kappa shape index (κ3) is 2.48. The fraction of sp³-hybridized carbons (Fsp3) is 0.500. The zero-order valence-electron chi connectivity index (χ0n) is 10.3. The van der Waals surface area contributed by atoms with Crippen LogP contribution in [0.4, 0.5) is 5.69 Å². The predicted octanol–water partition coefficient (Wildman–Crippen LogP) is 3.21. The van der Waals surface area contributed by atoms with E-state index < -0.39 is 0 Å². The van der Waals surface area contributed by atoms with Crippen LogP contribution in [0.5, 0.6) is 0 Å². The zero-order valence-corrected chi connectivity index (χ0v) is 12.4. The van der Waals surface area contributed by atoms with Gasteiger partial charge in [0.05, 0.1) is 11.7 Å². The van der Waals surface area contributed by atoms with Crippen molar-refractivity contribution in [1.82, 2.24) is 0 Å². The van der Waals surface area contributed by atoms with Crippen LogP contribution >= 0.6 is 22.6 Å². The van der Waals surface area contributed by atoms with Crippen molar-refractivity contribution in [3.05, 3.63) is 27.8 Å². The van der Waals surface area contributed by atoms with Gasteiger partial charge in [-0.3, -0.25) is 0 Å². The number of nitrogens with one attached hydrogen (secondary N) is 1. The molecule has 0 unspecified atom stereocenters. The molecule has 1 aromatic carbocycles. The van der Waals surface area contributed by atoms with Crippen LogP contribution in [0.3, 0.4) is 0 Å². The molecule has 2 saturated carbocycles. The summed E-state index contributed by atoms with van der Waals surface area (Å²) in [5, 5.41) is 3.22. The van der Waals surface area contributed by atoms with E-state index in [1.165, 1.54) is 29.3 Å². The number of fused-ring (bicyclic) bond motifs is 2. The summed E-state index contributed by atoms with van der Waals surface area (Å²) in [5.41, 5.74) is 7.07. The molecule has 0 spiro atoms. The van der Waals surface area contributed by atoms with E-state index in [-0.39, 0.29) is 0 Å². The molecule has 2 aliphatic carbocycles. The summed E-state index contributed by atoms with van der Waals surface area (Å²) in [7, 11) is 0. The first-order valence-electron chi connectivity index (χ1n) is 6.57. The Bertz CT molecular complexity index is 472. The van der Waals surface area contributed by atoms with Gasteiger partial charge < -0.3 is 11.1 Å². The fourth-order valence-electron chi connectivity index (χ4n) is 3.28. The van der Waals surface area contributed by atoms with E-state index in [0.717, 1.165) is 17.5 Å². The number of aliphatic imine (C=N–C) groups is 1. The highest BCUT2D eigenvalue weighted by Crippen LogP contribution is 2.45. The Morgan fingerprint density at radius 1 is 1.28 bits per heavy atom. The predicted molar refractivity (Wildman–Crippen MR) is 83.6 cm³/mol. The molecule has 1 aromatic rings. The monoisotopic (exact) mass is 355 g/mol. The Hall–Kier alpha value is -0.780. The minimum Gasteiger partial charge on any atom is -0.370 e. The Morgan fingerprint density at radius 3 is 2.78 bits per heavy atom. The highest BCUT2D eigenvalue weighted by molar-refractivity contribution is 14.1. The number of anilines is 1. The summed E-state index contributed by atoms with van der Waals surface area (Å²) in [6, 6.07) is 8.59. The van der Waals surface area contributed by atoms with Gasteiger partial charge in [-0.05, 0) is 65.8 Å². The van der Waals surface area contributed by atoms with E-state index in [4.69, 9.17) is 5.73 Å². The van der Waals surface area contributed by atoms with E-state index in [0.29, 0.717) is 12.0 Å². The van der Waals surface area contributed by atoms with E-state index in [1.807, 2.05) is 18.2 Å². The van der Waals surface area contributed by atoms with Crippen molar-refractivity contribution >= 4 is 34.2 Å². The summed E-state index contributed by atoms with van der Waals surface area (Å²) in [6.07, 6.45) is 5.35. The topological polar surface area (TPSA) is 50.4 Å². The van der Waals surface area contributed by atoms with Gasteiger partial charge in [0.2, 0.25) is 0 Å². The minimum atomic E-state index is 0.456. The lowest BCUT2D eigenvalue weighted by Crippen LogP contribution is -2.27. The molecule has 0 aromatic heterocycles. The van der Waals surface area contributed by atoms with E-state index >= 15 is 0 Å². The highest BCUT2D eigenvalue weighted by Gasteiger charge is 2.39. The molecular formula is C14H18IN3. The number of benzene rings is 1. The van der Waals surface area contributed by atoms with E-state index in [2.05, 4.69) is 39.0 Å². The summed E-state index contributed by atoms with van der Waals surface area (Å²) in [4.78, 5) is 4.68. The molecule has 4 heteroatoms. The maximum atomic E-state index is 6.02. The van der Waals surface area contributed by atoms with Crippen molar-refractivity contribution in [2.24, 2.45) is 22.6 Å². The molecule has 3 atom stereocenters. The maximum absolute atomic E-state index is 6.02. The standard InChI is InChI=1S/C14H18IN3/c15-11-3-1-2-4-12(11)17-14(16)18-13-8-9-5-6-10(13)7-9/h1-4,9-10,13H,5-8H2,(H3,16,17,18)/t9-,10-,13+/m0/s1. The first kappa shape index (κ1) is 12.3. The van der Waals surface area contributed by atoms with Crippen molar-refractivity contribution in [1.29, 1.82) is 0 Å². The lowest BCUT2D eigenvalue weighted by molar-refractivity contribution is 0.420. The van der Waals surface area contributed by atoms with Crippen LogP contribution in [0.25, 0.3) is 0 Å². The molecule has 0 radical (unpaired) electrons.